The Morgan fingerprint density at radius 2 is 1.58 bits per heavy atom. The molecule has 1 amide bonds. The molecule has 0 aliphatic rings. The lowest BCUT2D eigenvalue weighted by molar-refractivity contribution is -0.122. The Kier molecular flexibility index (Phi) is 5.51. The average molecular weight is 436 g/mol. The van der Waals surface area contributed by atoms with E-state index in [1.54, 1.807) is 12.3 Å². The van der Waals surface area contributed by atoms with Crippen LogP contribution < -0.4 is 11.1 Å². The molecule has 1 N–H and O–H groups in total. The van der Waals surface area contributed by atoms with Gasteiger partial charge >= 0.3 is 5.76 Å². The van der Waals surface area contributed by atoms with Crippen LogP contribution in [0.2, 0.25) is 0 Å². The monoisotopic (exact) mass is 436 g/mol. The molecule has 0 atom stereocenters. The van der Waals surface area contributed by atoms with E-state index in [-0.39, 0.29) is 24.4 Å². The van der Waals surface area contributed by atoms with Crippen LogP contribution >= 0.6 is 0 Å². The standard InChI is InChI=1S/C26H20N4O3/c31-23(28-24(18-9-3-1-4-10-18)19-11-5-2-6-12-19)17-30-26(32)33-25(29-30)21-13-7-15-22-20(21)14-8-16-27-22/h1-16,24H,17H2,(H,28,31). The zero-order chi connectivity index (χ0) is 22.6. The quantitative estimate of drug-likeness (QED) is 0.435. The molecule has 7 nitrogen and oxygen atoms in total. The third-order valence-electron chi connectivity index (χ3n) is 5.35. The van der Waals surface area contributed by atoms with E-state index in [0.29, 0.717) is 5.56 Å². The van der Waals surface area contributed by atoms with Crippen molar-refractivity contribution < 1.29 is 9.21 Å². The van der Waals surface area contributed by atoms with Crippen molar-refractivity contribution in [2.45, 2.75) is 12.6 Å². The van der Waals surface area contributed by atoms with E-state index < -0.39 is 5.76 Å². The highest BCUT2D eigenvalue weighted by molar-refractivity contribution is 5.92. The lowest BCUT2D eigenvalue weighted by atomic mass is 9.99. The molecule has 5 aromatic rings. The molecule has 33 heavy (non-hydrogen) atoms. The van der Waals surface area contributed by atoms with Gasteiger partial charge in [0.15, 0.2) is 0 Å². The SMILES string of the molecule is O=C(Cn1nc(-c2cccc3ncccc23)oc1=O)NC(c1ccccc1)c1ccccc1. The normalized spacial score (nSPS) is 11.1. The summed E-state index contributed by atoms with van der Waals surface area (Å²) in [5.74, 6) is -0.902. The molecular weight excluding hydrogens is 416 g/mol. The van der Waals surface area contributed by atoms with E-state index in [2.05, 4.69) is 15.4 Å². The lowest BCUT2D eigenvalue weighted by Crippen LogP contribution is -2.34. The van der Waals surface area contributed by atoms with Crippen LogP contribution in [0.4, 0.5) is 0 Å². The van der Waals surface area contributed by atoms with Crippen molar-refractivity contribution in [2.75, 3.05) is 0 Å². The maximum Gasteiger partial charge on any atom is 0.437 e. The molecule has 2 aromatic heterocycles. The number of rotatable bonds is 6. The number of amides is 1. The Hall–Kier alpha value is -4.52. The van der Waals surface area contributed by atoms with Gasteiger partial charge in [-0.1, -0.05) is 72.8 Å². The van der Waals surface area contributed by atoms with E-state index in [9.17, 15) is 9.59 Å². The summed E-state index contributed by atoms with van der Waals surface area (Å²) in [5.41, 5.74) is 3.28. The van der Waals surface area contributed by atoms with Crippen LogP contribution in [0.1, 0.15) is 17.2 Å². The number of carbonyl (C=O) groups excluding carboxylic acids is 1. The Morgan fingerprint density at radius 3 is 2.27 bits per heavy atom. The number of aromatic nitrogens is 3. The van der Waals surface area contributed by atoms with Crippen molar-refractivity contribution in [3.8, 4) is 11.5 Å². The summed E-state index contributed by atoms with van der Waals surface area (Å²) < 4.78 is 6.41. The molecule has 0 unspecified atom stereocenters. The largest absolute Gasteiger partial charge is 0.437 e. The van der Waals surface area contributed by atoms with Crippen molar-refractivity contribution in [2.24, 2.45) is 0 Å². The minimum absolute atomic E-state index is 0.147. The van der Waals surface area contributed by atoms with E-state index in [0.717, 1.165) is 26.7 Å². The Bertz CT molecular complexity index is 1410. The molecule has 0 aliphatic heterocycles. The molecule has 7 heteroatoms. The summed E-state index contributed by atoms with van der Waals surface area (Å²) in [6, 6.07) is 28.2. The van der Waals surface area contributed by atoms with E-state index in [1.165, 1.54) is 0 Å². The van der Waals surface area contributed by atoms with Crippen molar-refractivity contribution in [3.63, 3.8) is 0 Å². The minimum atomic E-state index is -0.697. The first-order valence-corrected chi connectivity index (χ1v) is 10.5. The molecule has 5 rings (SSSR count). The third kappa shape index (κ3) is 4.29. The van der Waals surface area contributed by atoms with Gasteiger partial charge in [-0.15, -0.1) is 5.10 Å². The third-order valence-corrected chi connectivity index (χ3v) is 5.35. The minimum Gasteiger partial charge on any atom is -0.388 e. The van der Waals surface area contributed by atoms with Gasteiger partial charge in [0.2, 0.25) is 11.8 Å². The first-order chi connectivity index (χ1) is 16.2. The number of fused-ring (bicyclic) bond motifs is 1. The van der Waals surface area contributed by atoms with Crippen LogP contribution in [0.3, 0.4) is 0 Å². The molecule has 3 aromatic carbocycles. The van der Waals surface area contributed by atoms with Crippen LogP contribution in [0.5, 0.6) is 0 Å². The number of hydrogen-bond donors (Lipinski definition) is 1. The summed E-state index contributed by atoms with van der Waals surface area (Å²) in [4.78, 5) is 29.7. The zero-order valence-electron chi connectivity index (χ0n) is 17.6. The van der Waals surface area contributed by atoms with Crippen molar-refractivity contribution >= 4 is 16.8 Å². The molecule has 0 saturated carbocycles. The number of nitrogens with zero attached hydrogens (tertiary/aromatic N) is 3. The highest BCUT2D eigenvalue weighted by Gasteiger charge is 2.19. The van der Waals surface area contributed by atoms with Crippen LogP contribution in [0, 0.1) is 0 Å². The lowest BCUT2D eigenvalue weighted by Gasteiger charge is -2.19. The number of nitrogens with one attached hydrogen (secondary N) is 1. The average Bonchev–Trinajstić information content (AvgIpc) is 3.23. The molecule has 0 radical (unpaired) electrons. The second kappa shape index (κ2) is 8.92. The molecular formula is C26H20N4O3. The number of pyridine rings is 1. The summed E-state index contributed by atoms with van der Waals surface area (Å²) in [5, 5.41) is 8.10. The van der Waals surface area contributed by atoms with Gasteiger partial charge < -0.3 is 9.73 Å². The first kappa shape index (κ1) is 20.4. The summed E-state index contributed by atoms with van der Waals surface area (Å²) in [6.07, 6.45) is 1.70. The highest BCUT2D eigenvalue weighted by atomic mass is 16.4. The summed E-state index contributed by atoms with van der Waals surface area (Å²) in [7, 11) is 0. The van der Waals surface area contributed by atoms with Gasteiger partial charge in [-0.2, -0.15) is 4.68 Å². The van der Waals surface area contributed by atoms with Gasteiger partial charge in [0.1, 0.15) is 6.54 Å². The molecule has 0 saturated heterocycles. The van der Waals surface area contributed by atoms with Gasteiger partial charge in [0, 0.05) is 17.1 Å². The van der Waals surface area contributed by atoms with Crippen LogP contribution in [-0.2, 0) is 11.3 Å². The fourth-order valence-corrected chi connectivity index (χ4v) is 3.80. The van der Waals surface area contributed by atoms with Crippen molar-refractivity contribution in [1.82, 2.24) is 20.1 Å². The smallest absolute Gasteiger partial charge is 0.388 e. The van der Waals surface area contributed by atoms with Gasteiger partial charge in [0.25, 0.3) is 0 Å². The van der Waals surface area contributed by atoms with E-state index in [4.69, 9.17) is 4.42 Å². The van der Waals surface area contributed by atoms with Gasteiger partial charge in [-0.25, -0.2) is 4.79 Å². The number of carbonyl (C=O) groups is 1. The summed E-state index contributed by atoms with van der Waals surface area (Å²) in [6.45, 7) is -0.262. The van der Waals surface area contributed by atoms with Crippen molar-refractivity contribution in [3.05, 3.63) is 119 Å². The maximum absolute atomic E-state index is 12.9. The Labute approximate surface area is 189 Å². The van der Waals surface area contributed by atoms with Crippen LogP contribution in [-0.4, -0.2) is 20.7 Å². The zero-order valence-corrected chi connectivity index (χ0v) is 17.6. The second-order valence-corrected chi connectivity index (χ2v) is 7.53. The predicted molar refractivity (Wildman–Crippen MR) is 124 cm³/mol. The van der Waals surface area contributed by atoms with E-state index >= 15 is 0 Å². The molecule has 162 valence electrons. The summed E-state index contributed by atoms with van der Waals surface area (Å²) >= 11 is 0. The molecule has 0 bridgehead atoms. The van der Waals surface area contributed by atoms with Gasteiger partial charge in [-0.05, 0) is 29.3 Å². The maximum atomic E-state index is 12.9. The predicted octanol–water partition coefficient (Wildman–Crippen LogP) is 3.96. The number of benzene rings is 3. The Morgan fingerprint density at radius 1 is 0.879 bits per heavy atom. The highest BCUT2D eigenvalue weighted by Crippen LogP contribution is 2.25. The van der Waals surface area contributed by atoms with Gasteiger partial charge in [0.05, 0.1) is 11.6 Å². The molecule has 0 spiro atoms. The Balaban J connectivity index is 1.41. The van der Waals surface area contributed by atoms with E-state index in [1.807, 2.05) is 84.9 Å². The van der Waals surface area contributed by atoms with Crippen molar-refractivity contribution in [1.29, 1.82) is 0 Å². The fraction of sp³-hybridized carbons (Fsp3) is 0.0769. The molecule has 0 aliphatic carbocycles. The number of hydrogen-bond acceptors (Lipinski definition) is 5. The topological polar surface area (TPSA) is 90.0 Å². The fourth-order valence-electron chi connectivity index (χ4n) is 3.80. The van der Waals surface area contributed by atoms with Gasteiger partial charge in [-0.3, -0.25) is 9.78 Å². The van der Waals surface area contributed by atoms with Crippen LogP contribution in [0.15, 0.2) is 106 Å². The van der Waals surface area contributed by atoms with Crippen LogP contribution in [0.25, 0.3) is 22.4 Å². The molecule has 0 fully saturated rings. The second-order valence-electron chi connectivity index (χ2n) is 7.53. The first-order valence-electron chi connectivity index (χ1n) is 10.5. The molecule has 2 heterocycles.